The fourth-order valence-electron chi connectivity index (χ4n) is 1.50. The number of rotatable bonds is 2. The van der Waals surface area contributed by atoms with Gasteiger partial charge in [-0.3, -0.25) is 0 Å². The van der Waals surface area contributed by atoms with Crippen molar-refractivity contribution in [3.05, 3.63) is 47.2 Å². The van der Waals surface area contributed by atoms with Gasteiger partial charge in [0, 0.05) is 0 Å². The number of benzene rings is 1. The predicted molar refractivity (Wildman–Crippen MR) is 71.5 cm³/mol. The standard InChI is InChI=1S/C14H9N3S/c1-10-6-14(18-17-10)13-4-2-11(3-5-13)7-12(8-15)9-16/h2-7H,1H3. The van der Waals surface area contributed by atoms with Crippen LogP contribution in [0.1, 0.15) is 11.3 Å². The summed E-state index contributed by atoms with van der Waals surface area (Å²) in [5, 5.41) is 17.4. The number of nitrogens with zero attached hydrogens (tertiary/aromatic N) is 3. The third kappa shape index (κ3) is 2.63. The maximum Gasteiger partial charge on any atom is 0.130 e. The molecule has 0 aliphatic heterocycles. The summed E-state index contributed by atoms with van der Waals surface area (Å²) in [4.78, 5) is 1.11. The zero-order valence-corrected chi connectivity index (χ0v) is 10.5. The van der Waals surface area contributed by atoms with E-state index in [1.54, 1.807) is 6.08 Å². The Balaban J connectivity index is 2.29. The molecule has 0 unspecified atom stereocenters. The van der Waals surface area contributed by atoms with Gasteiger partial charge in [-0.1, -0.05) is 24.3 Å². The van der Waals surface area contributed by atoms with E-state index in [4.69, 9.17) is 10.5 Å². The minimum Gasteiger partial charge on any atom is -0.197 e. The monoisotopic (exact) mass is 251 g/mol. The van der Waals surface area contributed by atoms with Crippen molar-refractivity contribution in [2.24, 2.45) is 0 Å². The summed E-state index contributed by atoms with van der Waals surface area (Å²) in [6, 6.07) is 13.4. The van der Waals surface area contributed by atoms with Crippen LogP contribution in [0, 0.1) is 29.6 Å². The Kier molecular flexibility index (Phi) is 3.52. The first kappa shape index (κ1) is 12.0. The van der Waals surface area contributed by atoms with Crippen molar-refractivity contribution >= 4 is 17.6 Å². The maximum absolute atomic E-state index is 8.68. The van der Waals surface area contributed by atoms with Crippen molar-refractivity contribution < 1.29 is 0 Å². The Bertz CT molecular complexity index is 650. The lowest BCUT2D eigenvalue weighted by molar-refractivity contribution is 1.35. The second kappa shape index (κ2) is 5.27. The van der Waals surface area contributed by atoms with Crippen LogP contribution in [0.25, 0.3) is 16.5 Å². The molecule has 0 saturated heterocycles. The van der Waals surface area contributed by atoms with Crippen LogP contribution in [0.15, 0.2) is 35.9 Å². The van der Waals surface area contributed by atoms with Gasteiger partial charge in [0.2, 0.25) is 0 Å². The molecule has 0 bridgehead atoms. The highest BCUT2D eigenvalue weighted by Crippen LogP contribution is 2.25. The highest BCUT2D eigenvalue weighted by atomic mass is 32.1. The van der Waals surface area contributed by atoms with Crippen molar-refractivity contribution in [3.63, 3.8) is 0 Å². The first-order chi connectivity index (χ1) is 8.72. The fourth-order valence-corrected chi connectivity index (χ4v) is 2.26. The molecule has 2 rings (SSSR count). The molecular formula is C14H9N3S. The van der Waals surface area contributed by atoms with Crippen LogP contribution in [0.2, 0.25) is 0 Å². The number of aryl methyl sites for hydroxylation is 1. The van der Waals surface area contributed by atoms with Crippen molar-refractivity contribution in [1.29, 1.82) is 10.5 Å². The van der Waals surface area contributed by atoms with Gasteiger partial charge in [0.1, 0.15) is 17.7 Å². The lowest BCUT2D eigenvalue weighted by Gasteiger charge is -1.97. The zero-order chi connectivity index (χ0) is 13.0. The molecule has 86 valence electrons. The number of aromatic nitrogens is 1. The van der Waals surface area contributed by atoms with Gasteiger partial charge in [0.25, 0.3) is 0 Å². The first-order valence-electron chi connectivity index (χ1n) is 5.28. The van der Waals surface area contributed by atoms with Gasteiger partial charge in [-0.2, -0.15) is 14.9 Å². The van der Waals surface area contributed by atoms with Crippen LogP contribution >= 0.6 is 11.5 Å². The van der Waals surface area contributed by atoms with E-state index in [2.05, 4.69) is 4.37 Å². The molecule has 0 atom stereocenters. The highest BCUT2D eigenvalue weighted by Gasteiger charge is 2.01. The summed E-state index contributed by atoms with van der Waals surface area (Å²) < 4.78 is 4.23. The average molecular weight is 251 g/mol. The van der Waals surface area contributed by atoms with Gasteiger partial charge in [-0.25, -0.2) is 0 Å². The molecule has 1 heterocycles. The summed E-state index contributed by atoms with van der Waals surface area (Å²) >= 11 is 1.46. The van der Waals surface area contributed by atoms with Crippen LogP contribution in [0.3, 0.4) is 0 Å². The molecule has 0 aliphatic rings. The SMILES string of the molecule is Cc1cc(-c2ccc(C=C(C#N)C#N)cc2)sn1. The number of nitriles is 2. The molecule has 0 N–H and O–H groups in total. The molecule has 0 saturated carbocycles. The van der Waals surface area contributed by atoms with Crippen LogP contribution in [-0.4, -0.2) is 4.37 Å². The molecule has 0 radical (unpaired) electrons. The summed E-state index contributed by atoms with van der Waals surface area (Å²) in [6.45, 7) is 1.96. The van der Waals surface area contributed by atoms with Gasteiger partial charge in [-0.15, -0.1) is 0 Å². The van der Waals surface area contributed by atoms with E-state index >= 15 is 0 Å². The number of hydrogen-bond acceptors (Lipinski definition) is 4. The van der Waals surface area contributed by atoms with Gasteiger partial charge >= 0.3 is 0 Å². The Labute approximate surface area is 109 Å². The predicted octanol–water partition coefficient (Wildman–Crippen LogP) is 3.55. The molecule has 1 aromatic heterocycles. The van der Waals surface area contributed by atoms with Crippen LogP contribution in [-0.2, 0) is 0 Å². The van der Waals surface area contributed by atoms with Crippen LogP contribution in [0.5, 0.6) is 0 Å². The van der Waals surface area contributed by atoms with Crippen molar-refractivity contribution in [1.82, 2.24) is 4.37 Å². The van der Waals surface area contributed by atoms with Crippen molar-refractivity contribution in [3.8, 4) is 22.6 Å². The third-order valence-electron chi connectivity index (χ3n) is 2.38. The van der Waals surface area contributed by atoms with Gasteiger partial charge in [0.05, 0.1) is 10.6 Å². The zero-order valence-electron chi connectivity index (χ0n) is 9.71. The summed E-state index contributed by atoms with van der Waals surface area (Å²) in [5.74, 6) is 0. The lowest BCUT2D eigenvalue weighted by Crippen LogP contribution is -1.77. The quantitative estimate of drug-likeness (QED) is 0.767. The smallest absolute Gasteiger partial charge is 0.130 e. The van der Waals surface area contributed by atoms with Gasteiger partial charge in [0.15, 0.2) is 0 Å². The summed E-state index contributed by atoms with van der Waals surface area (Å²) in [7, 11) is 0. The second-order valence-corrected chi connectivity index (χ2v) is 4.54. The van der Waals surface area contributed by atoms with E-state index in [0.29, 0.717) is 0 Å². The molecule has 0 amide bonds. The third-order valence-corrected chi connectivity index (χ3v) is 3.30. The molecule has 2 aromatic rings. The van der Waals surface area contributed by atoms with Crippen molar-refractivity contribution in [2.75, 3.05) is 0 Å². The molecular weight excluding hydrogens is 242 g/mol. The number of hydrogen-bond donors (Lipinski definition) is 0. The van der Waals surface area contributed by atoms with E-state index in [0.717, 1.165) is 21.7 Å². The molecule has 3 nitrogen and oxygen atoms in total. The van der Waals surface area contributed by atoms with E-state index in [9.17, 15) is 0 Å². The van der Waals surface area contributed by atoms with E-state index in [1.807, 2.05) is 49.4 Å². The first-order valence-corrected chi connectivity index (χ1v) is 6.06. The minimum atomic E-state index is 0.108. The summed E-state index contributed by atoms with van der Waals surface area (Å²) in [6.07, 6.45) is 1.57. The molecule has 18 heavy (non-hydrogen) atoms. The average Bonchev–Trinajstić information content (AvgIpc) is 2.83. The topological polar surface area (TPSA) is 60.5 Å². The number of allylic oxidation sites excluding steroid dienone is 1. The highest BCUT2D eigenvalue weighted by molar-refractivity contribution is 7.09. The molecule has 0 spiro atoms. The van der Waals surface area contributed by atoms with E-state index in [-0.39, 0.29) is 5.57 Å². The van der Waals surface area contributed by atoms with Gasteiger partial charge < -0.3 is 0 Å². The minimum absolute atomic E-state index is 0.108. The van der Waals surface area contributed by atoms with Crippen molar-refractivity contribution in [2.45, 2.75) is 6.92 Å². The largest absolute Gasteiger partial charge is 0.197 e. The Morgan fingerprint density at radius 2 is 1.89 bits per heavy atom. The Morgan fingerprint density at radius 3 is 2.39 bits per heavy atom. The molecule has 4 heteroatoms. The lowest BCUT2D eigenvalue weighted by atomic mass is 10.1. The Morgan fingerprint density at radius 1 is 1.22 bits per heavy atom. The van der Waals surface area contributed by atoms with E-state index < -0.39 is 0 Å². The van der Waals surface area contributed by atoms with E-state index in [1.165, 1.54) is 11.5 Å². The van der Waals surface area contributed by atoms with Crippen LogP contribution in [0.4, 0.5) is 0 Å². The molecule has 1 aromatic carbocycles. The summed E-state index contributed by atoms with van der Waals surface area (Å²) in [5.41, 5.74) is 3.05. The Hall–Kier alpha value is -2.43. The normalized spacial score (nSPS) is 9.28. The van der Waals surface area contributed by atoms with Crippen LogP contribution < -0.4 is 0 Å². The fraction of sp³-hybridized carbons (Fsp3) is 0.0714. The molecule has 0 aliphatic carbocycles. The second-order valence-electron chi connectivity index (χ2n) is 3.74. The molecule has 0 fully saturated rings. The maximum atomic E-state index is 8.68. The van der Waals surface area contributed by atoms with Gasteiger partial charge in [-0.05, 0) is 41.7 Å².